The van der Waals surface area contributed by atoms with E-state index in [2.05, 4.69) is 30.5 Å². The number of carbonyl (C=O) groups is 3. The second kappa shape index (κ2) is 12.4. The van der Waals surface area contributed by atoms with Crippen molar-refractivity contribution in [2.45, 2.75) is 38.6 Å². The summed E-state index contributed by atoms with van der Waals surface area (Å²) in [5, 5.41) is 20.0. The lowest BCUT2D eigenvalue weighted by molar-refractivity contribution is -0.121. The Labute approximate surface area is 257 Å². The third-order valence-corrected chi connectivity index (χ3v) is 7.30. The van der Waals surface area contributed by atoms with Crippen molar-refractivity contribution in [3.8, 4) is 5.75 Å². The van der Waals surface area contributed by atoms with Crippen LogP contribution in [-0.4, -0.2) is 76.6 Å². The molecule has 14 heteroatoms. The molecule has 2 atom stereocenters. The van der Waals surface area contributed by atoms with Crippen molar-refractivity contribution in [2.24, 2.45) is 0 Å². The average Bonchev–Trinajstić information content (AvgIpc) is 3.69. The van der Waals surface area contributed by atoms with Gasteiger partial charge in [0.25, 0.3) is 17.6 Å². The van der Waals surface area contributed by atoms with Crippen molar-refractivity contribution in [1.29, 1.82) is 0 Å². The number of pyridine rings is 1. The van der Waals surface area contributed by atoms with E-state index in [1.165, 1.54) is 22.2 Å². The van der Waals surface area contributed by atoms with Gasteiger partial charge in [0.05, 0.1) is 13.1 Å². The predicted octanol–water partition coefficient (Wildman–Crippen LogP) is 2.19. The zero-order valence-corrected chi connectivity index (χ0v) is 24.4. The molecule has 45 heavy (non-hydrogen) atoms. The minimum Gasteiger partial charge on any atom is -0.484 e. The Morgan fingerprint density at radius 2 is 1.49 bits per heavy atom. The molecule has 0 unspecified atom stereocenters. The van der Waals surface area contributed by atoms with E-state index in [1.54, 1.807) is 24.9 Å². The highest BCUT2D eigenvalue weighted by Gasteiger charge is 2.37. The monoisotopic (exact) mass is 607 g/mol. The van der Waals surface area contributed by atoms with Gasteiger partial charge in [-0.3, -0.25) is 14.5 Å². The van der Waals surface area contributed by atoms with Crippen LogP contribution in [0.15, 0.2) is 79.5 Å². The van der Waals surface area contributed by atoms with Crippen molar-refractivity contribution in [2.75, 3.05) is 11.9 Å². The summed E-state index contributed by atoms with van der Waals surface area (Å²) in [6.07, 6.45) is 4.40. The smallest absolute Gasteiger partial charge is 0.375 e. The number of anilines is 1. The van der Waals surface area contributed by atoms with Gasteiger partial charge in [0.2, 0.25) is 5.82 Å². The molecule has 2 N–H and O–H groups in total. The van der Waals surface area contributed by atoms with Crippen molar-refractivity contribution < 1.29 is 24.2 Å². The van der Waals surface area contributed by atoms with Gasteiger partial charge in [0.1, 0.15) is 24.8 Å². The average molecular weight is 608 g/mol. The van der Waals surface area contributed by atoms with Crippen molar-refractivity contribution in [1.82, 2.24) is 39.8 Å². The van der Waals surface area contributed by atoms with Gasteiger partial charge in [0, 0.05) is 13.2 Å². The van der Waals surface area contributed by atoms with Gasteiger partial charge >= 0.3 is 5.97 Å². The molecule has 6 rings (SSSR count). The highest BCUT2D eigenvalue weighted by atomic mass is 16.5. The van der Waals surface area contributed by atoms with E-state index >= 15 is 0 Å². The number of ether oxygens (including phenoxy) is 1. The fourth-order valence-corrected chi connectivity index (χ4v) is 4.98. The summed E-state index contributed by atoms with van der Waals surface area (Å²) >= 11 is 0. The molecule has 4 heterocycles. The third kappa shape index (κ3) is 6.54. The molecular formula is C31H29N9O5. The lowest BCUT2D eigenvalue weighted by Gasteiger charge is -2.22. The molecule has 0 fully saturated rings. The summed E-state index contributed by atoms with van der Waals surface area (Å²) in [5.74, 6) is -1.66. The van der Waals surface area contributed by atoms with Gasteiger partial charge in [-0.05, 0) is 41.7 Å². The van der Waals surface area contributed by atoms with E-state index in [1.807, 2.05) is 60.7 Å². The molecule has 14 nitrogen and oxygen atoms in total. The normalized spacial score (nSPS) is 16.0. The topological polar surface area (TPSA) is 170 Å². The van der Waals surface area contributed by atoms with Gasteiger partial charge in [-0.25, -0.2) is 29.1 Å². The van der Waals surface area contributed by atoms with E-state index < -0.39 is 24.0 Å². The van der Waals surface area contributed by atoms with Gasteiger partial charge in [-0.15, -0.1) is 10.2 Å². The van der Waals surface area contributed by atoms with Gasteiger partial charge in [-0.2, -0.15) is 0 Å². The summed E-state index contributed by atoms with van der Waals surface area (Å²) in [5.41, 5.74) is 3.83. The molecule has 0 spiro atoms. The number of nitrogens with zero attached hydrogens (tertiary/aromatic N) is 8. The minimum atomic E-state index is -1.17. The molecule has 0 saturated heterocycles. The molecule has 1 aliphatic heterocycles. The minimum absolute atomic E-state index is 0.0481. The lowest BCUT2D eigenvalue weighted by atomic mass is 10.0. The molecule has 2 amide bonds. The molecule has 0 bridgehead atoms. The number of amides is 2. The Balaban J connectivity index is 1.11. The second-order valence-electron chi connectivity index (χ2n) is 10.7. The molecule has 5 aromatic rings. The first kappa shape index (κ1) is 29.2. The summed E-state index contributed by atoms with van der Waals surface area (Å²) in [4.78, 5) is 51.3. The Bertz CT molecular complexity index is 1850. The fraction of sp³-hybridized carbons (Fsp3) is 0.226. The quantitative estimate of drug-likeness (QED) is 0.253. The van der Waals surface area contributed by atoms with Crippen LogP contribution in [0.4, 0.5) is 5.82 Å². The van der Waals surface area contributed by atoms with Crippen molar-refractivity contribution in [3.63, 3.8) is 0 Å². The Morgan fingerprint density at radius 3 is 2.16 bits per heavy atom. The number of carboxylic acids is 1. The molecule has 0 saturated carbocycles. The molecule has 0 aliphatic carbocycles. The maximum atomic E-state index is 13.4. The maximum absolute atomic E-state index is 13.4. The third-order valence-electron chi connectivity index (χ3n) is 7.30. The van der Waals surface area contributed by atoms with Crippen LogP contribution in [-0.2, 0) is 24.3 Å². The zero-order valence-electron chi connectivity index (χ0n) is 24.4. The molecular weight excluding hydrogens is 578 g/mol. The predicted molar refractivity (Wildman–Crippen MR) is 160 cm³/mol. The van der Waals surface area contributed by atoms with Gasteiger partial charge in [-0.1, -0.05) is 54.6 Å². The number of hydrogen-bond acceptors (Lipinski definition) is 9. The number of fused-ring (bicyclic) bond motifs is 1. The number of benzene rings is 2. The first-order valence-electron chi connectivity index (χ1n) is 14.1. The fourth-order valence-electron chi connectivity index (χ4n) is 4.98. The maximum Gasteiger partial charge on any atom is 0.375 e. The van der Waals surface area contributed by atoms with Crippen LogP contribution < -0.4 is 15.0 Å². The van der Waals surface area contributed by atoms with E-state index in [0.717, 1.165) is 22.3 Å². The van der Waals surface area contributed by atoms with Crippen LogP contribution in [0.2, 0.25) is 0 Å². The van der Waals surface area contributed by atoms with E-state index in [0.29, 0.717) is 31.1 Å². The van der Waals surface area contributed by atoms with E-state index in [-0.39, 0.29) is 17.6 Å². The SMILES string of the molecule is C[C@H]1Oc2cc(Cc3ccc(Cn4cnc(C(=O)O)n4)cc3)cnc2N(C)C(=O)[C@H]1NC(=O)c1ncn(Cc2ccccc2)n1. The van der Waals surface area contributed by atoms with Gasteiger partial charge < -0.3 is 15.2 Å². The number of aromatic carboxylic acids is 1. The number of likely N-dealkylation sites (N-methyl/N-ethyl adjacent to an activating group) is 1. The van der Waals surface area contributed by atoms with Crippen LogP contribution in [0.5, 0.6) is 5.75 Å². The second-order valence-corrected chi connectivity index (χ2v) is 10.7. The van der Waals surface area contributed by atoms with Crippen LogP contribution in [0.3, 0.4) is 0 Å². The van der Waals surface area contributed by atoms with E-state index in [9.17, 15) is 14.4 Å². The van der Waals surface area contributed by atoms with Crippen LogP contribution in [0.25, 0.3) is 0 Å². The van der Waals surface area contributed by atoms with E-state index in [4.69, 9.17) is 9.84 Å². The highest BCUT2D eigenvalue weighted by molar-refractivity contribution is 6.02. The standard InChI is InChI=1S/C31H29N9O5/c1-19-25(35-29(41)26-33-17-39(36-26)15-21-6-4-3-5-7-21)30(42)38(2)28-24(45-19)13-23(14-32-28)12-20-8-10-22(11-9-20)16-40-18-34-27(37-40)31(43)44/h3-11,13-14,17-19,25H,12,15-16H2,1-2H3,(H,35,41)(H,43,44)/t19-,25+/m1/s1. The van der Waals surface area contributed by atoms with Crippen LogP contribution in [0, 0.1) is 0 Å². The Hall–Kier alpha value is -5.92. The number of aromatic nitrogens is 7. The summed E-state index contributed by atoms with van der Waals surface area (Å²) in [6, 6.07) is 18.3. The zero-order chi connectivity index (χ0) is 31.5. The van der Waals surface area contributed by atoms with Gasteiger partial charge in [0.15, 0.2) is 11.6 Å². The largest absolute Gasteiger partial charge is 0.484 e. The first-order chi connectivity index (χ1) is 21.7. The number of carbonyl (C=O) groups excluding carboxylic acids is 2. The number of nitrogens with one attached hydrogen (secondary N) is 1. The molecule has 228 valence electrons. The van der Waals surface area contributed by atoms with Crippen LogP contribution >= 0.6 is 0 Å². The highest BCUT2D eigenvalue weighted by Crippen LogP contribution is 2.32. The summed E-state index contributed by atoms with van der Waals surface area (Å²) in [7, 11) is 1.59. The first-order valence-corrected chi connectivity index (χ1v) is 14.1. The Morgan fingerprint density at radius 1 is 0.867 bits per heavy atom. The van der Waals surface area contributed by atoms with Crippen molar-refractivity contribution in [3.05, 3.63) is 113 Å². The summed E-state index contributed by atoms with van der Waals surface area (Å²) < 4.78 is 9.20. The lowest BCUT2D eigenvalue weighted by Crippen LogP contribution is -2.53. The molecule has 3 aromatic heterocycles. The number of hydrogen-bond donors (Lipinski definition) is 2. The molecule has 2 aromatic carbocycles. The number of carboxylic acid groups (broad SMARTS) is 1. The molecule has 0 radical (unpaired) electrons. The van der Waals surface area contributed by atoms with Crippen molar-refractivity contribution >= 4 is 23.6 Å². The van der Waals surface area contributed by atoms with Crippen LogP contribution in [0.1, 0.15) is 50.4 Å². The molecule has 1 aliphatic rings. The summed E-state index contributed by atoms with van der Waals surface area (Å²) in [6.45, 7) is 2.56. The Kier molecular flexibility index (Phi) is 8.01. The number of rotatable bonds is 9.